The van der Waals surface area contributed by atoms with Crippen LogP contribution < -0.4 is 5.32 Å². The second-order valence-electron chi connectivity index (χ2n) is 10.5. The Morgan fingerprint density at radius 2 is 1.71 bits per heavy atom. The minimum Gasteiger partial charge on any atom is -0.437 e. The fourth-order valence-corrected chi connectivity index (χ4v) is 5.58. The lowest BCUT2D eigenvalue weighted by Gasteiger charge is -2.17. The lowest BCUT2D eigenvalue weighted by Crippen LogP contribution is -2.24. The van der Waals surface area contributed by atoms with Crippen molar-refractivity contribution in [2.75, 3.05) is 13.6 Å². The van der Waals surface area contributed by atoms with Gasteiger partial charge in [0.2, 0.25) is 16.6 Å². The predicted molar refractivity (Wildman–Crippen MR) is 153 cm³/mol. The molecule has 1 amide bonds. The topological polar surface area (TPSA) is 92.5 Å². The molecule has 0 unspecified atom stereocenters. The SMILES string of the molecule is CCCCCCCCCCN(Cc1nc2oc(-c3ccc(C)cc3)c(C(=O)NC)c2cc1C1CC1)[SH](=O)=O. The van der Waals surface area contributed by atoms with Gasteiger partial charge in [0.25, 0.3) is 5.91 Å². The maximum absolute atomic E-state index is 13.0. The molecule has 2 aromatic heterocycles. The summed E-state index contributed by atoms with van der Waals surface area (Å²) in [7, 11) is -1.12. The van der Waals surface area contributed by atoms with Crippen LogP contribution in [-0.2, 0) is 17.4 Å². The molecular formula is C30H41N3O4S. The van der Waals surface area contributed by atoms with Crippen molar-refractivity contribution in [3.05, 3.63) is 52.7 Å². The fourth-order valence-electron chi connectivity index (χ4n) is 5.03. The van der Waals surface area contributed by atoms with E-state index in [1.165, 1.54) is 36.4 Å². The van der Waals surface area contributed by atoms with E-state index in [4.69, 9.17) is 9.40 Å². The molecule has 2 heterocycles. The number of carbonyl (C=O) groups is 1. The first-order chi connectivity index (χ1) is 18.4. The van der Waals surface area contributed by atoms with Crippen LogP contribution in [0.5, 0.6) is 0 Å². The molecule has 0 bridgehead atoms. The minimum atomic E-state index is -2.73. The zero-order valence-electron chi connectivity index (χ0n) is 22.9. The largest absolute Gasteiger partial charge is 0.437 e. The van der Waals surface area contributed by atoms with Crippen molar-refractivity contribution in [2.45, 2.75) is 90.5 Å². The Labute approximate surface area is 228 Å². The number of hydrogen-bond acceptors (Lipinski definition) is 5. The van der Waals surface area contributed by atoms with E-state index >= 15 is 0 Å². The second-order valence-corrected chi connectivity index (χ2v) is 11.5. The van der Waals surface area contributed by atoms with Crippen molar-refractivity contribution >= 4 is 27.9 Å². The molecule has 1 aliphatic rings. The number of pyridine rings is 1. The van der Waals surface area contributed by atoms with Crippen LogP contribution in [0, 0.1) is 6.92 Å². The van der Waals surface area contributed by atoms with Crippen LogP contribution in [0.15, 0.2) is 34.7 Å². The van der Waals surface area contributed by atoms with Gasteiger partial charge in [0, 0.05) is 19.2 Å². The number of aryl methyl sites for hydroxylation is 1. The maximum atomic E-state index is 13.0. The van der Waals surface area contributed by atoms with Crippen LogP contribution in [0.1, 0.15) is 104 Å². The van der Waals surface area contributed by atoms with Gasteiger partial charge in [-0.1, -0.05) is 81.7 Å². The number of fused-ring (bicyclic) bond motifs is 1. The first-order valence-electron chi connectivity index (χ1n) is 14.1. The Kier molecular flexibility index (Phi) is 9.97. The van der Waals surface area contributed by atoms with Crippen molar-refractivity contribution < 1.29 is 17.6 Å². The number of unbranched alkanes of at least 4 members (excludes halogenated alkanes) is 7. The zero-order chi connectivity index (χ0) is 27.1. The van der Waals surface area contributed by atoms with Crippen LogP contribution in [0.4, 0.5) is 0 Å². The summed E-state index contributed by atoms with van der Waals surface area (Å²) in [4.78, 5) is 17.8. The highest BCUT2D eigenvalue weighted by Crippen LogP contribution is 2.44. The molecule has 7 nitrogen and oxygen atoms in total. The average Bonchev–Trinajstić information content (AvgIpc) is 3.69. The van der Waals surface area contributed by atoms with Crippen molar-refractivity contribution in [2.24, 2.45) is 0 Å². The van der Waals surface area contributed by atoms with Crippen LogP contribution in [0.2, 0.25) is 0 Å². The van der Waals surface area contributed by atoms with Gasteiger partial charge in [-0.25, -0.2) is 13.4 Å². The zero-order valence-corrected chi connectivity index (χ0v) is 23.8. The lowest BCUT2D eigenvalue weighted by molar-refractivity contribution is 0.0964. The number of carbonyl (C=O) groups excluding carboxylic acids is 1. The number of nitrogens with one attached hydrogen (secondary N) is 1. The van der Waals surface area contributed by atoms with Gasteiger partial charge < -0.3 is 9.73 Å². The first kappa shape index (κ1) is 28.3. The first-order valence-corrected chi connectivity index (χ1v) is 15.2. The molecule has 0 saturated heterocycles. The van der Waals surface area contributed by atoms with Gasteiger partial charge in [0.15, 0.2) is 0 Å². The van der Waals surface area contributed by atoms with Gasteiger partial charge in [-0.2, -0.15) is 4.31 Å². The van der Waals surface area contributed by atoms with E-state index < -0.39 is 10.9 Å². The number of nitrogens with zero attached hydrogens (tertiary/aromatic N) is 2. The predicted octanol–water partition coefficient (Wildman–Crippen LogP) is 6.51. The standard InChI is InChI=1S/C30H41N3O4S/c1-4-5-6-7-8-9-10-11-18-33(38(35)36)20-26-24(22-16-17-22)19-25-27(29(34)31-3)28(37-30(25)32-26)23-14-12-21(2)13-15-23/h12-15,19,22,38H,4-11,16-18,20H2,1-3H3,(H,31,34). The molecular weight excluding hydrogens is 498 g/mol. The van der Waals surface area contributed by atoms with Crippen LogP contribution in [0.3, 0.4) is 0 Å². The van der Waals surface area contributed by atoms with E-state index in [-0.39, 0.29) is 12.5 Å². The Hall–Kier alpha value is -2.71. The Balaban J connectivity index is 1.58. The molecule has 1 aromatic carbocycles. The average molecular weight is 540 g/mol. The summed E-state index contributed by atoms with van der Waals surface area (Å²) in [5, 5.41) is 3.41. The summed E-state index contributed by atoms with van der Waals surface area (Å²) in [6.45, 7) is 4.95. The van der Waals surface area contributed by atoms with Crippen molar-refractivity contribution in [1.29, 1.82) is 0 Å². The third-order valence-corrected chi connectivity index (χ3v) is 8.22. The highest BCUT2D eigenvalue weighted by Gasteiger charge is 2.31. The number of rotatable bonds is 15. The molecule has 1 fully saturated rings. The van der Waals surface area contributed by atoms with Crippen LogP contribution in [0.25, 0.3) is 22.4 Å². The minimum absolute atomic E-state index is 0.227. The highest BCUT2D eigenvalue weighted by atomic mass is 32.2. The summed E-state index contributed by atoms with van der Waals surface area (Å²) in [6, 6.07) is 9.86. The van der Waals surface area contributed by atoms with Crippen LogP contribution >= 0.6 is 0 Å². The molecule has 0 spiro atoms. The van der Waals surface area contributed by atoms with E-state index in [0.29, 0.717) is 34.9 Å². The third-order valence-electron chi connectivity index (χ3n) is 7.41. The molecule has 0 aliphatic heterocycles. The van der Waals surface area contributed by atoms with Gasteiger partial charge in [-0.05, 0) is 43.7 Å². The molecule has 1 saturated carbocycles. The fraction of sp³-hybridized carbons (Fsp3) is 0.533. The molecule has 4 rings (SSSR count). The summed E-state index contributed by atoms with van der Waals surface area (Å²) < 4.78 is 32.0. The molecule has 0 radical (unpaired) electrons. The molecule has 1 aliphatic carbocycles. The van der Waals surface area contributed by atoms with Gasteiger partial charge in [-0.3, -0.25) is 4.79 Å². The van der Waals surface area contributed by atoms with Gasteiger partial charge in [0.05, 0.1) is 23.2 Å². The third kappa shape index (κ3) is 7.03. The Bertz CT molecular complexity index is 1300. The number of thiol groups is 1. The molecule has 38 heavy (non-hydrogen) atoms. The smallest absolute Gasteiger partial charge is 0.255 e. The van der Waals surface area contributed by atoms with E-state index in [1.54, 1.807) is 7.05 Å². The van der Waals surface area contributed by atoms with Crippen molar-refractivity contribution in [3.8, 4) is 11.3 Å². The monoisotopic (exact) mass is 539 g/mol. The number of aromatic nitrogens is 1. The molecule has 206 valence electrons. The maximum Gasteiger partial charge on any atom is 0.255 e. The van der Waals surface area contributed by atoms with E-state index in [2.05, 4.69) is 12.2 Å². The van der Waals surface area contributed by atoms with Gasteiger partial charge in [0.1, 0.15) is 5.76 Å². The summed E-state index contributed by atoms with van der Waals surface area (Å²) in [5.74, 6) is 0.595. The normalized spacial score (nSPS) is 13.6. The summed E-state index contributed by atoms with van der Waals surface area (Å²) >= 11 is 0. The number of benzene rings is 1. The molecule has 3 aromatic rings. The second kappa shape index (κ2) is 13.4. The van der Waals surface area contributed by atoms with E-state index in [0.717, 1.165) is 54.5 Å². The molecule has 8 heteroatoms. The summed E-state index contributed by atoms with van der Waals surface area (Å²) in [5.41, 5.74) is 4.51. The Morgan fingerprint density at radius 1 is 1.05 bits per heavy atom. The van der Waals surface area contributed by atoms with Crippen molar-refractivity contribution in [1.82, 2.24) is 14.6 Å². The highest BCUT2D eigenvalue weighted by molar-refractivity contribution is 7.69. The number of amides is 1. The van der Waals surface area contributed by atoms with Crippen molar-refractivity contribution in [3.63, 3.8) is 0 Å². The van der Waals surface area contributed by atoms with Crippen LogP contribution in [-0.4, -0.2) is 37.2 Å². The van der Waals surface area contributed by atoms with Gasteiger partial charge in [-0.15, -0.1) is 0 Å². The molecule has 1 N–H and O–H groups in total. The number of furan rings is 1. The van der Waals surface area contributed by atoms with Gasteiger partial charge >= 0.3 is 0 Å². The van der Waals surface area contributed by atoms with E-state index in [9.17, 15) is 13.2 Å². The Morgan fingerprint density at radius 3 is 2.32 bits per heavy atom. The quantitative estimate of drug-likeness (QED) is 0.170. The van der Waals surface area contributed by atoms with E-state index in [1.807, 2.05) is 37.3 Å². The number of hydrogen-bond donors (Lipinski definition) is 2. The molecule has 0 atom stereocenters. The lowest BCUT2D eigenvalue weighted by atomic mass is 10.0. The summed E-state index contributed by atoms with van der Waals surface area (Å²) in [6.07, 6.45) is 11.4.